The van der Waals surface area contributed by atoms with Crippen molar-refractivity contribution in [2.24, 2.45) is 0 Å². The number of carbonyl (C=O) groups is 1. The minimum Gasteiger partial charge on any atom is -0.325 e. The third kappa shape index (κ3) is 4.32. The van der Waals surface area contributed by atoms with Crippen LogP contribution >= 0.6 is 23.1 Å². The maximum atomic E-state index is 12.4. The molecule has 2 aromatic rings. The van der Waals surface area contributed by atoms with Crippen molar-refractivity contribution < 1.29 is 13.2 Å². The SMILES string of the molecule is Cc1ccc(S(=O)(=O)N(C)C)cc1NC(=O)C(C)Sc1nncs1. The van der Waals surface area contributed by atoms with Gasteiger partial charge in [0, 0.05) is 19.8 Å². The van der Waals surface area contributed by atoms with E-state index in [0.29, 0.717) is 10.0 Å². The summed E-state index contributed by atoms with van der Waals surface area (Å²) in [6.45, 7) is 3.57. The highest BCUT2D eigenvalue weighted by molar-refractivity contribution is 8.02. The number of sulfonamides is 1. The number of nitrogens with zero attached hydrogens (tertiary/aromatic N) is 3. The lowest BCUT2D eigenvalue weighted by atomic mass is 10.2. The summed E-state index contributed by atoms with van der Waals surface area (Å²) in [7, 11) is -0.620. The third-order valence-corrected chi connectivity index (χ3v) is 6.95. The molecule has 0 saturated heterocycles. The quantitative estimate of drug-likeness (QED) is 0.765. The van der Waals surface area contributed by atoms with Gasteiger partial charge in [0.25, 0.3) is 0 Å². The normalized spacial score (nSPS) is 13.0. The van der Waals surface area contributed by atoms with E-state index in [-0.39, 0.29) is 16.1 Å². The molecule has 7 nitrogen and oxygen atoms in total. The van der Waals surface area contributed by atoms with Gasteiger partial charge in [0.1, 0.15) is 5.51 Å². The van der Waals surface area contributed by atoms with Gasteiger partial charge >= 0.3 is 0 Å². The van der Waals surface area contributed by atoms with Gasteiger partial charge in [-0.05, 0) is 31.5 Å². The van der Waals surface area contributed by atoms with Crippen molar-refractivity contribution in [3.05, 3.63) is 29.3 Å². The lowest BCUT2D eigenvalue weighted by Crippen LogP contribution is -2.24. The van der Waals surface area contributed by atoms with Gasteiger partial charge in [-0.1, -0.05) is 29.2 Å². The summed E-state index contributed by atoms with van der Waals surface area (Å²) >= 11 is 2.67. The molecule has 1 amide bonds. The van der Waals surface area contributed by atoms with Crippen molar-refractivity contribution in [2.45, 2.75) is 28.3 Å². The Balaban J connectivity index is 2.18. The van der Waals surface area contributed by atoms with Gasteiger partial charge in [0.15, 0.2) is 4.34 Å². The van der Waals surface area contributed by atoms with E-state index in [1.54, 1.807) is 18.5 Å². The van der Waals surface area contributed by atoms with E-state index in [0.717, 1.165) is 9.87 Å². The maximum Gasteiger partial charge on any atom is 0.242 e. The van der Waals surface area contributed by atoms with E-state index < -0.39 is 10.0 Å². The number of amides is 1. The molecule has 0 spiro atoms. The Labute approximate surface area is 149 Å². The zero-order valence-corrected chi connectivity index (χ0v) is 16.1. The van der Waals surface area contributed by atoms with Crippen LogP contribution in [0.15, 0.2) is 32.9 Å². The van der Waals surface area contributed by atoms with E-state index in [2.05, 4.69) is 15.5 Å². The summed E-state index contributed by atoms with van der Waals surface area (Å²) in [4.78, 5) is 12.5. The molecule has 1 atom stereocenters. The molecule has 0 fully saturated rings. The topological polar surface area (TPSA) is 92.3 Å². The number of nitrogens with one attached hydrogen (secondary N) is 1. The standard InChI is InChI=1S/C14H18N4O3S3/c1-9-5-6-11(24(20,21)18(3)4)7-12(9)16-13(19)10(2)23-14-17-15-8-22-14/h5-8,10H,1-4H3,(H,16,19). The molecule has 130 valence electrons. The number of thioether (sulfide) groups is 1. The first-order valence-electron chi connectivity index (χ1n) is 6.98. The van der Waals surface area contributed by atoms with E-state index in [9.17, 15) is 13.2 Å². The molecule has 1 aromatic heterocycles. The summed E-state index contributed by atoms with van der Waals surface area (Å²) in [6.07, 6.45) is 0. The molecular weight excluding hydrogens is 368 g/mol. The van der Waals surface area contributed by atoms with E-state index >= 15 is 0 Å². The molecular formula is C14H18N4O3S3. The fourth-order valence-electron chi connectivity index (χ4n) is 1.76. The second kappa shape index (κ2) is 7.60. The third-order valence-electron chi connectivity index (χ3n) is 3.23. The van der Waals surface area contributed by atoms with Crippen LogP contribution in [0.2, 0.25) is 0 Å². The monoisotopic (exact) mass is 386 g/mol. The van der Waals surface area contributed by atoms with Crippen molar-refractivity contribution >= 4 is 44.7 Å². The highest BCUT2D eigenvalue weighted by Crippen LogP contribution is 2.26. The molecule has 0 aliphatic rings. The average Bonchev–Trinajstić information content (AvgIpc) is 3.01. The number of carbonyl (C=O) groups excluding carboxylic acids is 1. The van der Waals surface area contributed by atoms with Gasteiger partial charge in [0.05, 0.1) is 10.1 Å². The van der Waals surface area contributed by atoms with Crippen LogP contribution in [-0.2, 0) is 14.8 Å². The highest BCUT2D eigenvalue weighted by atomic mass is 32.2. The predicted octanol–water partition coefficient (Wildman–Crippen LogP) is 2.22. The van der Waals surface area contributed by atoms with Gasteiger partial charge < -0.3 is 5.32 Å². The number of aromatic nitrogens is 2. The Hall–Kier alpha value is -1.49. The zero-order valence-electron chi connectivity index (χ0n) is 13.7. The van der Waals surface area contributed by atoms with Gasteiger partial charge in [0.2, 0.25) is 15.9 Å². The number of benzene rings is 1. The van der Waals surface area contributed by atoms with Crippen LogP contribution in [0.1, 0.15) is 12.5 Å². The molecule has 0 radical (unpaired) electrons. The summed E-state index contributed by atoms with van der Waals surface area (Å²) in [5, 5.41) is 10.0. The lowest BCUT2D eigenvalue weighted by molar-refractivity contribution is -0.115. The minimum absolute atomic E-state index is 0.137. The average molecular weight is 387 g/mol. The number of aryl methyl sites for hydroxylation is 1. The minimum atomic E-state index is -3.55. The van der Waals surface area contributed by atoms with Crippen LogP contribution in [0.4, 0.5) is 5.69 Å². The molecule has 1 heterocycles. The van der Waals surface area contributed by atoms with Crippen LogP contribution in [0.25, 0.3) is 0 Å². The Kier molecular flexibility index (Phi) is 5.97. The Bertz CT molecular complexity index is 820. The van der Waals surface area contributed by atoms with E-state index in [1.165, 1.54) is 49.3 Å². The molecule has 0 bridgehead atoms. The van der Waals surface area contributed by atoms with Gasteiger partial charge in [-0.2, -0.15) is 0 Å². The maximum absolute atomic E-state index is 12.4. The number of anilines is 1. The largest absolute Gasteiger partial charge is 0.325 e. The highest BCUT2D eigenvalue weighted by Gasteiger charge is 2.20. The molecule has 0 saturated carbocycles. The molecule has 2 rings (SSSR count). The smallest absolute Gasteiger partial charge is 0.242 e. The van der Waals surface area contributed by atoms with Crippen LogP contribution in [0, 0.1) is 6.92 Å². The fourth-order valence-corrected chi connectivity index (χ4v) is 4.31. The molecule has 1 unspecified atom stereocenters. The Morgan fingerprint density at radius 3 is 2.67 bits per heavy atom. The van der Waals surface area contributed by atoms with Crippen molar-refractivity contribution in [3.8, 4) is 0 Å². The number of hydrogen-bond donors (Lipinski definition) is 1. The van der Waals surface area contributed by atoms with Gasteiger partial charge in [-0.15, -0.1) is 10.2 Å². The zero-order chi connectivity index (χ0) is 17.9. The number of hydrogen-bond acceptors (Lipinski definition) is 7. The second-order valence-electron chi connectivity index (χ2n) is 5.22. The van der Waals surface area contributed by atoms with Crippen LogP contribution in [0.3, 0.4) is 0 Å². The van der Waals surface area contributed by atoms with Crippen molar-refractivity contribution in [2.75, 3.05) is 19.4 Å². The Morgan fingerprint density at radius 1 is 1.38 bits per heavy atom. The summed E-state index contributed by atoms with van der Waals surface area (Å²) in [5.74, 6) is -0.224. The van der Waals surface area contributed by atoms with E-state index in [1.807, 2.05) is 6.92 Å². The van der Waals surface area contributed by atoms with Crippen LogP contribution in [0.5, 0.6) is 0 Å². The van der Waals surface area contributed by atoms with Crippen molar-refractivity contribution in [1.82, 2.24) is 14.5 Å². The molecule has 0 aliphatic carbocycles. The van der Waals surface area contributed by atoms with Crippen LogP contribution < -0.4 is 5.32 Å². The first kappa shape index (κ1) is 18.8. The lowest BCUT2D eigenvalue weighted by Gasteiger charge is -2.15. The molecule has 1 aromatic carbocycles. The second-order valence-corrected chi connectivity index (χ2v) is 9.79. The molecule has 24 heavy (non-hydrogen) atoms. The summed E-state index contributed by atoms with van der Waals surface area (Å²) in [6, 6.07) is 4.68. The van der Waals surface area contributed by atoms with Gasteiger partial charge in [-0.3, -0.25) is 4.79 Å². The summed E-state index contributed by atoms with van der Waals surface area (Å²) in [5.41, 5.74) is 2.87. The molecule has 10 heteroatoms. The van der Waals surface area contributed by atoms with Crippen molar-refractivity contribution in [1.29, 1.82) is 0 Å². The number of rotatable bonds is 6. The Morgan fingerprint density at radius 2 is 2.08 bits per heavy atom. The van der Waals surface area contributed by atoms with E-state index in [4.69, 9.17) is 0 Å². The molecule has 0 aliphatic heterocycles. The summed E-state index contributed by atoms with van der Waals surface area (Å²) < 4.78 is 26.3. The first-order valence-corrected chi connectivity index (χ1v) is 10.2. The predicted molar refractivity (Wildman–Crippen MR) is 95.9 cm³/mol. The first-order chi connectivity index (χ1) is 11.2. The fraction of sp³-hybridized carbons (Fsp3) is 0.357. The molecule has 1 N–H and O–H groups in total. The van der Waals surface area contributed by atoms with Crippen molar-refractivity contribution in [3.63, 3.8) is 0 Å². The van der Waals surface area contributed by atoms with Gasteiger partial charge in [-0.25, -0.2) is 12.7 Å². The van der Waals surface area contributed by atoms with Crippen LogP contribution in [-0.4, -0.2) is 48.2 Å².